The molecule has 2 N–H and O–H groups in total. The lowest BCUT2D eigenvalue weighted by atomic mass is 10.1. The van der Waals surface area contributed by atoms with E-state index in [-0.39, 0.29) is 16.5 Å². The Hall–Kier alpha value is -2.15. The van der Waals surface area contributed by atoms with Crippen LogP contribution in [0.2, 0.25) is 0 Å². The maximum Gasteiger partial charge on any atom is 0.292 e. The molecule has 0 saturated carbocycles. The van der Waals surface area contributed by atoms with Crippen molar-refractivity contribution in [3.05, 3.63) is 34.4 Å². The highest BCUT2D eigenvalue weighted by Crippen LogP contribution is 2.28. The second kappa shape index (κ2) is 6.53. The summed E-state index contributed by atoms with van der Waals surface area (Å²) in [4.78, 5) is 26.4. The number of benzene rings is 1. The number of carbonyl (C=O) groups excluding carboxylic acids is 1. The van der Waals surface area contributed by atoms with Crippen molar-refractivity contribution in [2.24, 2.45) is 5.73 Å². The third-order valence-corrected chi connectivity index (χ3v) is 3.77. The summed E-state index contributed by atoms with van der Waals surface area (Å²) < 4.78 is 0. The summed E-state index contributed by atoms with van der Waals surface area (Å²) >= 11 is 0. The first-order chi connectivity index (χ1) is 10.0. The molecule has 1 heterocycles. The minimum absolute atomic E-state index is 0.0419. The summed E-state index contributed by atoms with van der Waals surface area (Å²) in [6.07, 6.45) is 0.614. The van der Waals surface area contributed by atoms with Gasteiger partial charge in [0.05, 0.1) is 11.0 Å². The van der Waals surface area contributed by atoms with Gasteiger partial charge in [0.2, 0.25) is 5.91 Å². The number of rotatable bonds is 4. The average Bonchev–Trinajstić information content (AvgIpc) is 2.53. The summed E-state index contributed by atoms with van der Waals surface area (Å²) in [5, 5.41) is 11.1. The van der Waals surface area contributed by atoms with Crippen LogP contribution in [0.15, 0.2) is 24.3 Å². The van der Waals surface area contributed by atoms with E-state index in [2.05, 4.69) is 0 Å². The number of hydrogen-bond donors (Lipinski definition) is 1. The lowest BCUT2D eigenvalue weighted by Crippen LogP contribution is -2.53. The molecule has 1 aliphatic rings. The van der Waals surface area contributed by atoms with Crippen molar-refractivity contribution in [3.8, 4) is 0 Å². The topological polar surface area (TPSA) is 92.7 Å². The number of nitro groups is 1. The summed E-state index contributed by atoms with van der Waals surface area (Å²) in [5.74, 6) is -0.0419. The molecule has 7 nitrogen and oxygen atoms in total. The van der Waals surface area contributed by atoms with Gasteiger partial charge in [-0.25, -0.2) is 0 Å². The van der Waals surface area contributed by atoms with Crippen LogP contribution in [0.3, 0.4) is 0 Å². The molecule has 21 heavy (non-hydrogen) atoms. The molecular formula is C14H20N4O3. The molecule has 0 aliphatic carbocycles. The van der Waals surface area contributed by atoms with Gasteiger partial charge >= 0.3 is 0 Å². The zero-order valence-electron chi connectivity index (χ0n) is 12.1. The van der Waals surface area contributed by atoms with Gasteiger partial charge in [-0.1, -0.05) is 19.1 Å². The zero-order valence-corrected chi connectivity index (χ0v) is 12.1. The molecule has 0 radical (unpaired) electrons. The van der Waals surface area contributed by atoms with Crippen molar-refractivity contribution in [2.75, 3.05) is 31.1 Å². The molecule has 1 fully saturated rings. The molecule has 1 aromatic rings. The van der Waals surface area contributed by atoms with Crippen LogP contribution in [0.1, 0.15) is 13.3 Å². The van der Waals surface area contributed by atoms with Crippen LogP contribution in [-0.2, 0) is 4.79 Å². The molecular weight excluding hydrogens is 272 g/mol. The van der Waals surface area contributed by atoms with Gasteiger partial charge in [0.25, 0.3) is 5.69 Å². The zero-order chi connectivity index (χ0) is 15.4. The predicted molar refractivity (Wildman–Crippen MR) is 80.2 cm³/mol. The molecule has 1 atom stereocenters. The third-order valence-electron chi connectivity index (χ3n) is 3.77. The van der Waals surface area contributed by atoms with Gasteiger partial charge in [-0.3, -0.25) is 14.9 Å². The van der Waals surface area contributed by atoms with Crippen molar-refractivity contribution in [3.63, 3.8) is 0 Å². The molecule has 1 unspecified atom stereocenters. The highest BCUT2D eigenvalue weighted by Gasteiger charge is 2.27. The predicted octanol–water partition coefficient (Wildman–Crippen LogP) is 0.981. The van der Waals surface area contributed by atoms with Crippen molar-refractivity contribution in [2.45, 2.75) is 19.4 Å². The Morgan fingerprint density at radius 2 is 1.95 bits per heavy atom. The summed E-state index contributed by atoms with van der Waals surface area (Å²) in [6.45, 7) is 4.11. The molecule has 1 aromatic carbocycles. The molecule has 0 aromatic heterocycles. The molecule has 2 rings (SSSR count). The number of para-hydroxylation sites is 2. The monoisotopic (exact) mass is 292 g/mol. The van der Waals surface area contributed by atoms with Crippen molar-refractivity contribution in [1.82, 2.24) is 4.90 Å². The Kier molecular flexibility index (Phi) is 4.74. The lowest BCUT2D eigenvalue weighted by molar-refractivity contribution is -0.384. The van der Waals surface area contributed by atoms with E-state index in [0.29, 0.717) is 38.3 Å². The summed E-state index contributed by atoms with van der Waals surface area (Å²) in [6, 6.07) is 6.23. The van der Waals surface area contributed by atoms with Crippen molar-refractivity contribution < 1.29 is 9.72 Å². The van der Waals surface area contributed by atoms with E-state index in [1.54, 1.807) is 23.1 Å². The first-order valence-corrected chi connectivity index (χ1v) is 7.07. The molecule has 1 aliphatic heterocycles. The van der Waals surface area contributed by atoms with E-state index in [4.69, 9.17) is 5.73 Å². The number of nitrogens with zero attached hydrogens (tertiary/aromatic N) is 3. The van der Waals surface area contributed by atoms with Crippen LogP contribution >= 0.6 is 0 Å². The molecule has 0 spiro atoms. The van der Waals surface area contributed by atoms with Crippen molar-refractivity contribution >= 4 is 17.3 Å². The Morgan fingerprint density at radius 1 is 1.33 bits per heavy atom. The molecule has 1 saturated heterocycles. The first-order valence-electron chi connectivity index (χ1n) is 7.07. The normalized spacial score (nSPS) is 16.7. The van der Waals surface area contributed by atoms with Gasteiger partial charge in [-0.15, -0.1) is 0 Å². The standard InChI is InChI=1S/C14H20N4O3/c1-2-11(15)14(19)17-9-7-16(8-10-17)12-5-3-4-6-13(12)18(20)21/h3-6,11H,2,7-10,15H2,1H3. The van der Waals surface area contributed by atoms with Gasteiger partial charge in [0.15, 0.2) is 0 Å². The van der Waals surface area contributed by atoms with Gasteiger partial charge < -0.3 is 15.5 Å². The van der Waals surface area contributed by atoms with Gasteiger partial charge in [0, 0.05) is 32.2 Å². The van der Waals surface area contributed by atoms with E-state index in [0.717, 1.165) is 0 Å². The highest BCUT2D eigenvalue weighted by atomic mass is 16.6. The first kappa shape index (κ1) is 15.2. The van der Waals surface area contributed by atoms with Crippen LogP contribution in [0.25, 0.3) is 0 Å². The maximum absolute atomic E-state index is 12.0. The van der Waals surface area contributed by atoms with E-state index in [1.807, 2.05) is 11.8 Å². The summed E-state index contributed by atoms with van der Waals surface area (Å²) in [7, 11) is 0. The number of piperazine rings is 1. The third kappa shape index (κ3) is 3.30. The number of carbonyl (C=O) groups is 1. The number of nitro benzene ring substituents is 1. The fourth-order valence-electron chi connectivity index (χ4n) is 2.46. The molecule has 7 heteroatoms. The largest absolute Gasteiger partial charge is 0.362 e. The SMILES string of the molecule is CCC(N)C(=O)N1CCN(c2ccccc2[N+](=O)[O-])CC1. The number of hydrogen-bond acceptors (Lipinski definition) is 5. The Morgan fingerprint density at radius 3 is 2.52 bits per heavy atom. The minimum Gasteiger partial charge on any atom is -0.362 e. The fraction of sp³-hybridized carbons (Fsp3) is 0.500. The van der Waals surface area contributed by atoms with E-state index >= 15 is 0 Å². The van der Waals surface area contributed by atoms with Gasteiger partial charge in [-0.2, -0.15) is 0 Å². The van der Waals surface area contributed by atoms with E-state index in [9.17, 15) is 14.9 Å². The van der Waals surface area contributed by atoms with Crippen LogP contribution in [0.4, 0.5) is 11.4 Å². The van der Waals surface area contributed by atoms with Crippen molar-refractivity contribution in [1.29, 1.82) is 0 Å². The quantitative estimate of drug-likeness (QED) is 0.659. The Bertz CT molecular complexity index is 527. The summed E-state index contributed by atoms with van der Waals surface area (Å²) in [5.41, 5.74) is 6.47. The second-order valence-corrected chi connectivity index (χ2v) is 5.07. The van der Waals surface area contributed by atoms with Gasteiger partial charge in [0.1, 0.15) is 5.69 Å². The van der Waals surface area contributed by atoms with Crippen LogP contribution in [-0.4, -0.2) is 48.0 Å². The smallest absolute Gasteiger partial charge is 0.292 e. The second-order valence-electron chi connectivity index (χ2n) is 5.07. The lowest BCUT2D eigenvalue weighted by Gasteiger charge is -2.36. The average molecular weight is 292 g/mol. The minimum atomic E-state index is -0.456. The fourth-order valence-corrected chi connectivity index (χ4v) is 2.46. The number of anilines is 1. The molecule has 1 amide bonds. The maximum atomic E-state index is 12.0. The van der Waals surface area contributed by atoms with Crippen LogP contribution in [0.5, 0.6) is 0 Å². The number of amides is 1. The van der Waals surface area contributed by atoms with Crippen LogP contribution in [0, 0.1) is 10.1 Å². The van der Waals surface area contributed by atoms with E-state index < -0.39 is 6.04 Å². The highest BCUT2D eigenvalue weighted by molar-refractivity contribution is 5.82. The number of nitrogens with two attached hydrogens (primary N) is 1. The van der Waals surface area contributed by atoms with E-state index in [1.165, 1.54) is 6.07 Å². The van der Waals surface area contributed by atoms with Gasteiger partial charge in [-0.05, 0) is 12.5 Å². The van der Waals surface area contributed by atoms with Crippen LogP contribution < -0.4 is 10.6 Å². The molecule has 114 valence electrons. The Balaban J connectivity index is 2.05. The molecule has 0 bridgehead atoms. The Labute approximate surface area is 123 Å².